The highest BCUT2D eigenvalue weighted by Gasteiger charge is 2.31. The summed E-state index contributed by atoms with van der Waals surface area (Å²) in [6.45, 7) is 0. The van der Waals surface area contributed by atoms with Gasteiger partial charge in [0.05, 0.1) is 22.3 Å². The van der Waals surface area contributed by atoms with E-state index in [4.69, 9.17) is 5.14 Å². The number of benzene rings is 3. The van der Waals surface area contributed by atoms with E-state index >= 15 is 0 Å². The zero-order valence-corrected chi connectivity index (χ0v) is 16.0. The number of anilines is 1. The standard InChI is InChI=1S/C21H17F2N3O2S/c22-15-7-5-14(6-8-15)20-13-21(18-3-1-2-4-19(18)23)26(25-20)16-9-11-17(12-10-16)29(24,27)28/h1-12,21H,13H2,(H2,24,27,28)/t21-/m1/s1. The summed E-state index contributed by atoms with van der Waals surface area (Å²) in [6.07, 6.45) is 0.406. The number of hydrazone groups is 1. The average molecular weight is 413 g/mol. The molecule has 0 bridgehead atoms. The summed E-state index contributed by atoms with van der Waals surface area (Å²) < 4.78 is 50.8. The molecule has 2 N–H and O–H groups in total. The summed E-state index contributed by atoms with van der Waals surface area (Å²) in [6, 6.07) is 17.9. The Balaban J connectivity index is 1.77. The maximum atomic E-state index is 14.5. The molecular formula is C21H17F2N3O2S. The molecule has 0 aliphatic carbocycles. The lowest BCUT2D eigenvalue weighted by atomic mass is 9.98. The predicted octanol–water partition coefficient (Wildman–Crippen LogP) is 3.97. The number of halogens is 2. The quantitative estimate of drug-likeness (QED) is 0.703. The van der Waals surface area contributed by atoms with Crippen LogP contribution in [0.2, 0.25) is 0 Å². The van der Waals surface area contributed by atoms with E-state index in [0.29, 0.717) is 23.4 Å². The van der Waals surface area contributed by atoms with Crippen LogP contribution < -0.4 is 10.1 Å². The molecule has 3 aromatic carbocycles. The van der Waals surface area contributed by atoms with E-state index in [0.717, 1.165) is 5.56 Å². The van der Waals surface area contributed by atoms with Gasteiger partial charge in [-0.15, -0.1) is 0 Å². The molecule has 0 unspecified atom stereocenters. The molecule has 0 fully saturated rings. The molecule has 0 spiro atoms. The lowest BCUT2D eigenvalue weighted by Crippen LogP contribution is -2.20. The molecule has 4 rings (SSSR count). The van der Waals surface area contributed by atoms with E-state index in [-0.39, 0.29) is 16.5 Å². The van der Waals surface area contributed by atoms with Crippen molar-refractivity contribution in [3.8, 4) is 0 Å². The third kappa shape index (κ3) is 3.90. The first-order chi connectivity index (χ1) is 13.8. The molecule has 0 amide bonds. The molecule has 5 nitrogen and oxygen atoms in total. The van der Waals surface area contributed by atoms with Gasteiger partial charge >= 0.3 is 0 Å². The summed E-state index contributed by atoms with van der Waals surface area (Å²) in [5.41, 5.74) is 2.46. The van der Waals surface area contributed by atoms with E-state index in [1.54, 1.807) is 47.5 Å². The Hall–Kier alpha value is -3.10. The largest absolute Gasteiger partial charge is 0.257 e. The second kappa shape index (κ2) is 7.38. The van der Waals surface area contributed by atoms with Crippen molar-refractivity contribution in [1.29, 1.82) is 0 Å². The molecule has 1 aliphatic rings. The van der Waals surface area contributed by atoms with Gasteiger partial charge in [-0.2, -0.15) is 5.10 Å². The fourth-order valence-electron chi connectivity index (χ4n) is 3.34. The molecule has 29 heavy (non-hydrogen) atoms. The highest BCUT2D eigenvalue weighted by atomic mass is 32.2. The van der Waals surface area contributed by atoms with Gasteiger partial charge < -0.3 is 0 Å². The number of sulfonamides is 1. The summed E-state index contributed by atoms with van der Waals surface area (Å²) in [7, 11) is -3.82. The maximum Gasteiger partial charge on any atom is 0.238 e. The van der Waals surface area contributed by atoms with Crippen LogP contribution in [0.25, 0.3) is 0 Å². The highest BCUT2D eigenvalue weighted by Crippen LogP contribution is 2.37. The molecule has 0 radical (unpaired) electrons. The molecular weight excluding hydrogens is 396 g/mol. The number of rotatable bonds is 4. The average Bonchev–Trinajstić information content (AvgIpc) is 3.13. The van der Waals surface area contributed by atoms with Crippen LogP contribution in [-0.4, -0.2) is 14.1 Å². The van der Waals surface area contributed by atoms with E-state index in [2.05, 4.69) is 5.10 Å². The Morgan fingerprint density at radius 1 is 0.931 bits per heavy atom. The van der Waals surface area contributed by atoms with Gasteiger partial charge in [0.2, 0.25) is 10.0 Å². The monoisotopic (exact) mass is 413 g/mol. The highest BCUT2D eigenvalue weighted by molar-refractivity contribution is 7.89. The molecule has 1 atom stereocenters. The van der Waals surface area contributed by atoms with Crippen LogP contribution in [0.15, 0.2) is 82.8 Å². The summed E-state index contributed by atoms with van der Waals surface area (Å²) >= 11 is 0. The van der Waals surface area contributed by atoms with Crippen molar-refractivity contribution in [2.45, 2.75) is 17.4 Å². The molecule has 3 aromatic rings. The van der Waals surface area contributed by atoms with Crippen molar-refractivity contribution in [2.75, 3.05) is 5.01 Å². The van der Waals surface area contributed by atoms with Gasteiger partial charge in [0.1, 0.15) is 11.6 Å². The van der Waals surface area contributed by atoms with E-state index in [1.807, 2.05) is 0 Å². The first-order valence-corrected chi connectivity index (χ1v) is 10.4. The minimum Gasteiger partial charge on any atom is -0.257 e. The van der Waals surface area contributed by atoms with Gasteiger partial charge in [-0.1, -0.05) is 30.3 Å². The van der Waals surface area contributed by atoms with Crippen molar-refractivity contribution >= 4 is 21.4 Å². The SMILES string of the molecule is NS(=O)(=O)c1ccc(N2N=C(c3ccc(F)cc3)C[C@@H]2c2ccccc2F)cc1. The number of hydrogen-bond donors (Lipinski definition) is 1. The number of nitrogens with two attached hydrogens (primary N) is 1. The van der Waals surface area contributed by atoms with Crippen molar-refractivity contribution < 1.29 is 17.2 Å². The first kappa shape index (κ1) is 19.2. The fourth-order valence-corrected chi connectivity index (χ4v) is 3.86. The van der Waals surface area contributed by atoms with Crippen LogP contribution in [0.1, 0.15) is 23.6 Å². The minimum absolute atomic E-state index is 0.0226. The normalized spacial score (nSPS) is 16.7. The zero-order chi connectivity index (χ0) is 20.6. The Morgan fingerprint density at radius 3 is 2.21 bits per heavy atom. The Kier molecular flexibility index (Phi) is 4.89. The van der Waals surface area contributed by atoms with E-state index in [9.17, 15) is 17.2 Å². The molecule has 1 heterocycles. The Labute approximate surface area is 167 Å². The lowest BCUT2D eigenvalue weighted by molar-refractivity contribution is 0.579. The maximum absolute atomic E-state index is 14.5. The van der Waals surface area contributed by atoms with Crippen LogP contribution in [-0.2, 0) is 10.0 Å². The third-order valence-electron chi connectivity index (χ3n) is 4.78. The summed E-state index contributed by atoms with van der Waals surface area (Å²) in [5.74, 6) is -0.715. The predicted molar refractivity (Wildman–Crippen MR) is 107 cm³/mol. The fraction of sp³-hybridized carbons (Fsp3) is 0.0952. The van der Waals surface area contributed by atoms with Crippen molar-refractivity contribution in [3.05, 3.63) is 95.6 Å². The number of primary sulfonamides is 1. The van der Waals surface area contributed by atoms with Gasteiger partial charge in [-0.3, -0.25) is 5.01 Å². The van der Waals surface area contributed by atoms with Crippen molar-refractivity contribution in [3.63, 3.8) is 0 Å². The minimum atomic E-state index is -3.82. The smallest absolute Gasteiger partial charge is 0.238 e. The van der Waals surface area contributed by atoms with Gasteiger partial charge in [0.25, 0.3) is 0 Å². The second-order valence-electron chi connectivity index (χ2n) is 6.68. The number of hydrogen-bond acceptors (Lipinski definition) is 4. The van der Waals surface area contributed by atoms with Gasteiger partial charge in [-0.25, -0.2) is 22.3 Å². The van der Waals surface area contributed by atoms with Crippen LogP contribution >= 0.6 is 0 Å². The molecule has 0 aromatic heterocycles. The molecule has 148 valence electrons. The Bertz CT molecular complexity index is 1180. The van der Waals surface area contributed by atoms with E-state index in [1.165, 1.54) is 30.3 Å². The van der Waals surface area contributed by atoms with Crippen LogP contribution in [0.5, 0.6) is 0 Å². The molecule has 1 aliphatic heterocycles. The molecule has 8 heteroatoms. The number of nitrogens with zero attached hydrogens (tertiary/aromatic N) is 2. The van der Waals surface area contributed by atoms with E-state index < -0.39 is 16.1 Å². The van der Waals surface area contributed by atoms with Gasteiger partial charge in [0, 0.05) is 12.0 Å². The van der Waals surface area contributed by atoms with Gasteiger partial charge in [-0.05, 0) is 48.0 Å². The molecule has 0 saturated carbocycles. The van der Waals surface area contributed by atoms with Crippen LogP contribution in [0.3, 0.4) is 0 Å². The summed E-state index contributed by atoms with van der Waals surface area (Å²) in [5, 5.41) is 11.4. The topological polar surface area (TPSA) is 75.8 Å². The summed E-state index contributed by atoms with van der Waals surface area (Å²) in [4.78, 5) is -0.0226. The second-order valence-corrected chi connectivity index (χ2v) is 8.24. The first-order valence-electron chi connectivity index (χ1n) is 8.83. The Morgan fingerprint density at radius 2 is 1.59 bits per heavy atom. The molecule has 0 saturated heterocycles. The van der Waals surface area contributed by atoms with Crippen LogP contribution in [0, 0.1) is 11.6 Å². The van der Waals surface area contributed by atoms with Crippen LogP contribution in [0.4, 0.5) is 14.5 Å². The lowest BCUT2D eigenvalue weighted by Gasteiger charge is -2.24. The zero-order valence-electron chi connectivity index (χ0n) is 15.2. The van der Waals surface area contributed by atoms with Crippen molar-refractivity contribution in [2.24, 2.45) is 10.2 Å². The van der Waals surface area contributed by atoms with Crippen molar-refractivity contribution in [1.82, 2.24) is 0 Å². The van der Waals surface area contributed by atoms with Gasteiger partial charge in [0.15, 0.2) is 0 Å². The third-order valence-corrected chi connectivity index (χ3v) is 5.71.